The number of sulfonamides is 1. The standard InChI is InChI=1S/C20H16F3N3O4S2/c21-14-3-1-12(9-16(14)23)17-11-31-20(24-17)25-19(27)13-2-4-15(22)18(10-13)32(28,29)26-5-7-30-8-6-26/h1-4,9-11H,5-8H2,(H,24,25,27). The van der Waals surface area contributed by atoms with E-state index in [-0.39, 0.29) is 37.0 Å². The van der Waals surface area contributed by atoms with Gasteiger partial charge in [0, 0.05) is 29.6 Å². The van der Waals surface area contributed by atoms with E-state index in [0.29, 0.717) is 11.3 Å². The predicted octanol–water partition coefficient (Wildman–Crippen LogP) is 3.50. The third-order valence-electron chi connectivity index (χ3n) is 4.72. The zero-order chi connectivity index (χ0) is 22.9. The smallest absolute Gasteiger partial charge is 0.257 e. The summed E-state index contributed by atoms with van der Waals surface area (Å²) in [5.74, 6) is -3.68. The van der Waals surface area contributed by atoms with Crippen molar-refractivity contribution in [3.05, 3.63) is 64.8 Å². The zero-order valence-electron chi connectivity index (χ0n) is 16.3. The summed E-state index contributed by atoms with van der Waals surface area (Å²) in [6.45, 7) is 0.574. The van der Waals surface area contributed by atoms with Crippen LogP contribution in [0.1, 0.15) is 10.4 Å². The lowest BCUT2D eigenvalue weighted by molar-refractivity contribution is 0.0729. The molecule has 1 fully saturated rings. The van der Waals surface area contributed by atoms with Crippen molar-refractivity contribution < 1.29 is 31.1 Å². The van der Waals surface area contributed by atoms with Gasteiger partial charge in [0.25, 0.3) is 5.91 Å². The highest BCUT2D eigenvalue weighted by Gasteiger charge is 2.30. The van der Waals surface area contributed by atoms with Gasteiger partial charge in [-0.1, -0.05) is 0 Å². The van der Waals surface area contributed by atoms with Gasteiger partial charge in [-0.05, 0) is 36.4 Å². The van der Waals surface area contributed by atoms with Crippen molar-refractivity contribution in [3.63, 3.8) is 0 Å². The molecule has 0 bridgehead atoms. The van der Waals surface area contributed by atoms with E-state index in [1.165, 1.54) is 6.07 Å². The first-order valence-electron chi connectivity index (χ1n) is 9.35. The topological polar surface area (TPSA) is 88.6 Å². The number of ether oxygens (including phenoxy) is 1. The molecule has 4 rings (SSSR count). The van der Waals surface area contributed by atoms with Gasteiger partial charge in [-0.3, -0.25) is 10.1 Å². The molecule has 2 aromatic carbocycles. The molecule has 1 N–H and O–H groups in total. The molecule has 0 unspecified atom stereocenters. The van der Waals surface area contributed by atoms with Crippen LogP contribution in [0.5, 0.6) is 0 Å². The molecule has 3 aromatic rings. The molecular formula is C20H16F3N3O4S2. The first-order chi connectivity index (χ1) is 15.3. The molecule has 32 heavy (non-hydrogen) atoms. The van der Waals surface area contributed by atoms with Gasteiger partial charge in [0.2, 0.25) is 10.0 Å². The maximum Gasteiger partial charge on any atom is 0.257 e. The van der Waals surface area contributed by atoms with Crippen molar-refractivity contribution in [2.75, 3.05) is 31.6 Å². The Morgan fingerprint density at radius 2 is 1.75 bits per heavy atom. The largest absolute Gasteiger partial charge is 0.379 e. The Balaban J connectivity index is 1.55. The second-order valence-electron chi connectivity index (χ2n) is 6.78. The van der Waals surface area contributed by atoms with Crippen LogP contribution in [0.15, 0.2) is 46.7 Å². The predicted molar refractivity (Wildman–Crippen MR) is 111 cm³/mol. The number of nitrogens with zero attached hydrogens (tertiary/aromatic N) is 2. The molecule has 2 heterocycles. The molecule has 1 aliphatic rings. The zero-order valence-corrected chi connectivity index (χ0v) is 18.0. The Morgan fingerprint density at radius 3 is 2.47 bits per heavy atom. The molecule has 0 spiro atoms. The number of morpholine rings is 1. The van der Waals surface area contributed by atoms with Gasteiger partial charge in [0.05, 0.1) is 18.9 Å². The molecule has 0 radical (unpaired) electrons. The van der Waals surface area contributed by atoms with E-state index >= 15 is 0 Å². The molecule has 7 nitrogen and oxygen atoms in total. The van der Waals surface area contributed by atoms with E-state index in [0.717, 1.165) is 46.0 Å². The first kappa shape index (κ1) is 22.4. The Morgan fingerprint density at radius 1 is 1.03 bits per heavy atom. The van der Waals surface area contributed by atoms with E-state index in [2.05, 4.69) is 10.3 Å². The Kier molecular flexibility index (Phi) is 6.29. The van der Waals surface area contributed by atoms with Crippen molar-refractivity contribution in [1.29, 1.82) is 0 Å². The van der Waals surface area contributed by atoms with Crippen molar-refractivity contribution >= 4 is 32.4 Å². The van der Waals surface area contributed by atoms with Gasteiger partial charge in [-0.2, -0.15) is 4.31 Å². The lowest BCUT2D eigenvalue weighted by Gasteiger charge is -2.26. The molecule has 12 heteroatoms. The second kappa shape index (κ2) is 8.98. The number of hydrogen-bond donors (Lipinski definition) is 1. The molecule has 1 saturated heterocycles. The minimum Gasteiger partial charge on any atom is -0.379 e. The Hall–Kier alpha value is -2.80. The second-order valence-corrected chi connectivity index (χ2v) is 9.55. The van der Waals surface area contributed by atoms with Gasteiger partial charge < -0.3 is 4.74 Å². The number of thiazole rings is 1. The number of anilines is 1. The number of halogens is 3. The highest BCUT2D eigenvalue weighted by molar-refractivity contribution is 7.89. The van der Waals surface area contributed by atoms with Crippen LogP contribution in [0.3, 0.4) is 0 Å². The third-order valence-corrected chi connectivity index (χ3v) is 7.39. The maximum atomic E-state index is 14.3. The van der Waals surface area contributed by atoms with Crippen LogP contribution < -0.4 is 5.32 Å². The van der Waals surface area contributed by atoms with Gasteiger partial charge in [0.1, 0.15) is 10.7 Å². The van der Waals surface area contributed by atoms with Gasteiger partial charge in [-0.15, -0.1) is 11.3 Å². The van der Waals surface area contributed by atoms with Crippen LogP contribution in [0.2, 0.25) is 0 Å². The summed E-state index contributed by atoms with van der Waals surface area (Å²) in [4.78, 5) is 16.2. The summed E-state index contributed by atoms with van der Waals surface area (Å²) >= 11 is 1.04. The van der Waals surface area contributed by atoms with E-state index in [1.807, 2.05) is 0 Å². The quantitative estimate of drug-likeness (QED) is 0.600. The minimum absolute atomic E-state index is 0.0807. The van der Waals surface area contributed by atoms with Crippen LogP contribution in [0, 0.1) is 17.5 Å². The molecule has 1 aliphatic heterocycles. The summed E-state index contributed by atoms with van der Waals surface area (Å²) in [6.07, 6.45) is 0. The number of nitrogens with one attached hydrogen (secondary N) is 1. The number of carbonyl (C=O) groups is 1. The fraction of sp³-hybridized carbons (Fsp3) is 0.200. The summed E-state index contributed by atoms with van der Waals surface area (Å²) < 4.78 is 72.7. The third kappa shape index (κ3) is 4.53. The molecule has 0 saturated carbocycles. The summed E-state index contributed by atoms with van der Waals surface area (Å²) in [7, 11) is -4.14. The number of amides is 1. The highest BCUT2D eigenvalue weighted by Crippen LogP contribution is 2.27. The first-order valence-corrected chi connectivity index (χ1v) is 11.7. The van der Waals surface area contributed by atoms with E-state index in [1.54, 1.807) is 5.38 Å². The number of aromatic nitrogens is 1. The van der Waals surface area contributed by atoms with Crippen LogP contribution in [-0.4, -0.2) is 49.9 Å². The minimum atomic E-state index is -4.14. The van der Waals surface area contributed by atoms with Gasteiger partial charge in [0.15, 0.2) is 16.8 Å². The molecule has 168 valence electrons. The van der Waals surface area contributed by atoms with E-state index in [9.17, 15) is 26.4 Å². The molecule has 0 atom stereocenters. The number of hydrogen-bond acceptors (Lipinski definition) is 6. The number of rotatable bonds is 5. The van der Waals surface area contributed by atoms with E-state index < -0.39 is 38.3 Å². The Bertz CT molecular complexity index is 1270. The van der Waals surface area contributed by atoms with Gasteiger partial charge in [-0.25, -0.2) is 26.6 Å². The average molecular weight is 483 g/mol. The summed E-state index contributed by atoms with van der Waals surface area (Å²) in [5.41, 5.74) is 0.558. The number of carbonyl (C=O) groups excluding carboxylic acids is 1. The highest BCUT2D eigenvalue weighted by atomic mass is 32.2. The lowest BCUT2D eigenvalue weighted by atomic mass is 10.2. The van der Waals surface area contributed by atoms with Crippen LogP contribution >= 0.6 is 11.3 Å². The molecule has 0 aliphatic carbocycles. The van der Waals surface area contributed by atoms with Crippen molar-refractivity contribution in [2.24, 2.45) is 0 Å². The van der Waals surface area contributed by atoms with Crippen LogP contribution in [-0.2, 0) is 14.8 Å². The Labute approximate surface area is 185 Å². The lowest BCUT2D eigenvalue weighted by Crippen LogP contribution is -2.41. The van der Waals surface area contributed by atoms with E-state index in [4.69, 9.17) is 4.74 Å². The molecule has 1 aromatic heterocycles. The summed E-state index contributed by atoms with van der Waals surface area (Å²) in [6, 6.07) is 6.35. The fourth-order valence-electron chi connectivity index (χ4n) is 3.06. The normalized spacial score (nSPS) is 15.0. The SMILES string of the molecule is O=C(Nc1nc(-c2ccc(F)c(F)c2)cs1)c1ccc(F)c(S(=O)(=O)N2CCOCC2)c1. The van der Waals surface area contributed by atoms with Gasteiger partial charge >= 0.3 is 0 Å². The fourth-order valence-corrected chi connectivity index (χ4v) is 5.27. The van der Waals surface area contributed by atoms with Crippen molar-refractivity contribution in [3.8, 4) is 11.3 Å². The van der Waals surface area contributed by atoms with Crippen molar-refractivity contribution in [2.45, 2.75) is 4.90 Å². The van der Waals surface area contributed by atoms with Crippen molar-refractivity contribution in [1.82, 2.24) is 9.29 Å². The summed E-state index contributed by atoms with van der Waals surface area (Å²) in [5, 5.41) is 4.19. The maximum absolute atomic E-state index is 14.3. The monoisotopic (exact) mass is 483 g/mol. The number of benzene rings is 2. The average Bonchev–Trinajstić information content (AvgIpc) is 3.25. The molecular weight excluding hydrogens is 467 g/mol. The van der Waals surface area contributed by atoms with Crippen LogP contribution in [0.25, 0.3) is 11.3 Å². The van der Waals surface area contributed by atoms with Crippen LogP contribution in [0.4, 0.5) is 18.3 Å². The molecule has 1 amide bonds.